The summed E-state index contributed by atoms with van der Waals surface area (Å²) in [5.41, 5.74) is 1.73. The largest absolute Gasteiger partial charge is 0.467 e. The number of halogens is 2. The van der Waals surface area contributed by atoms with Crippen molar-refractivity contribution in [1.29, 1.82) is 5.41 Å². The predicted molar refractivity (Wildman–Crippen MR) is 106 cm³/mol. The topological polar surface area (TPSA) is 74.6 Å². The molecule has 3 aromatic rings. The first-order chi connectivity index (χ1) is 12.6. The zero-order valence-electron chi connectivity index (χ0n) is 14.0. The van der Waals surface area contributed by atoms with E-state index in [1.165, 1.54) is 16.3 Å². The van der Waals surface area contributed by atoms with E-state index in [1.54, 1.807) is 40.6 Å². The van der Waals surface area contributed by atoms with Crippen molar-refractivity contribution < 1.29 is 9.21 Å². The van der Waals surface area contributed by atoms with Crippen molar-refractivity contribution in [3.05, 3.63) is 75.4 Å². The first kappa shape index (κ1) is 19.4. The fraction of sp³-hybridized carbons (Fsp3) is 0.167. The fourth-order valence-corrected chi connectivity index (χ4v) is 3.63. The van der Waals surface area contributed by atoms with Crippen LogP contribution in [-0.4, -0.2) is 21.2 Å². The standard InChI is InChI=1S/C18H15ClN4O2S.ClH/c19-13-5-3-12(4-6-13)14-10-15(16-2-1-8-25-16)23(21-14)17(24)11-22-7-9-26-18(22)20;/h1-9,15,20H,10-11H2;1H. The van der Waals surface area contributed by atoms with Crippen LogP contribution in [-0.2, 0) is 11.3 Å². The first-order valence-corrected chi connectivity index (χ1v) is 9.25. The third-order valence-electron chi connectivity index (χ3n) is 4.20. The van der Waals surface area contributed by atoms with E-state index in [-0.39, 0.29) is 30.9 Å². The van der Waals surface area contributed by atoms with Crippen LogP contribution < -0.4 is 4.80 Å². The van der Waals surface area contributed by atoms with Crippen LogP contribution in [0.4, 0.5) is 0 Å². The van der Waals surface area contributed by atoms with E-state index >= 15 is 0 Å². The predicted octanol–water partition coefficient (Wildman–Crippen LogP) is 4.08. The van der Waals surface area contributed by atoms with E-state index < -0.39 is 0 Å². The summed E-state index contributed by atoms with van der Waals surface area (Å²) in [4.78, 5) is 13.2. The molecule has 1 unspecified atom stereocenters. The smallest absolute Gasteiger partial charge is 0.263 e. The molecule has 27 heavy (non-hydrogen) atoms. The third-order valence-corrected chi connectivity index (χ3v) is 5.17. The summed E-state index contributed by atoms with van der Waals surface area (Å²) in [5, 5.41) is 16.3. The minimum atomic E-state index is -0.295. The summed E-state index contributed by atoms with van der Waals surface area (Å²) < 4.78 is 7.13. The van der Waals surface area contributed by atoms with Gasteiger partial charge in [0.2, 0.25) is 0 Å². The first-order valence-electron chi connectivity index (χ1n) is 7.99. The minimum Gasteiger partial charge on any atom is -0.467 e. The van der Waals surface area contributed by atoms with Gasteiger partial charge in [-0.15, -0.1) is 23.7 Å². The van der Waals surface area contributed by atoms with Gasteiger partial charge >= 0.3 is 0 Å². The molecule has 3 heterocycles. The molecule has 0 spiro atoms. The molecule has 1 aliphatic heterocycles. The molecule has 1 amide bonds. The lowest BCUT2D eigenvalue weighted by atomic mass is 10.0. The average Bonchev–Trinajstić information content (AvgIpc) is 3.36. The summed E-state index contributed by atoms with van der Waals surface area (Å²) in [6, 6.07) is 10.7. The number of aromatic nitrogens is 1. The Labute approximate surface area is 170 Å². The van der Waals surface area contributed by atoms with E-state index in [0.717, 1.165) is 11.3 Å². The number of carbonyl (C=O) groups excluding carboxylic acids is 1. The lowest BCUT2D eigenvalue weighted by molar-refractivity contribution is -0.134. The molecule has 0 bridgehead atoms. The monoisotopic (exact) mass is 422 g/mol. The molecule has 1 aliphatic rings. The molecule has 140 valence electrons. The van der Waals surface area contributed by atoms with Crippen molar-refractivity contribution in [3.63, 3.8) is 0 Å². The van der Waals surface area contributed by atoms with Gasteiger partial charge in [0.25, 0.3) is 5.91 Å². The summed E-state index contributed by atoms with van der Waals surface area (Å²) >= 11 is 7.24. The number of hydrogen-bond acceptors (Lipinski definition) is 5. The van der Waals surface area contributed by atoms with E-state index in [2.05, 4.69) is 5.10 Å². The second-order valence-corrected chi connectivity index (χ2v) is 7.19. The molecule has 2 aromatic heterocycles. The summed E-state index contributed by atoms with van der Waals surface area (Å²) in [6.45, 7) is 0.0664. The molecule has 1 N–H and O–H groups in total. The third kappa shape index (κ3) is 4.00. The van der Waals surface area contributed by atoms with Crippen molar-refractivity contribution in [2.45, 2.75) is 19.0 Å². The highest BCUT2D eigenvalue weighted by Gasteiger charge is 2.34. The Bertz CT molecular complexity index is 1010. The number of thiazole rings is 1. The molecule has 0 saturated carbocycles. The van der Waals surface area contributed by atoms with Crippen LogP contribution in [0.5, 0.6) is 0 Å². The van der Waals surface area contributed by atoms with Crippen molar-refractivity contribution >= 4 is 47.0 Å². The van der Waals surface area contributed by atoms with Gasteiger partial charge < -0.3 is 8.98 Å². The summed E-state index contributed by atoms with van der Waals surface area (Å²) in [7, 11) is 0. The van der Waals surface area contributed by atoms with Gasteiger partial charge in [0, 0.05) is 23.0 Å². The molecule has 1 aromatic carbocycles. The molecule has 6 nitrogen and oxygen atoms in total. The Morgan fingerprint density at radius 1 is 1.33 bits per heavy atom. The molecule has 0 aliphatic carbocycles. The van der Waals surface area contributed by atoms with Gasteiger partial charge in [0.1, 0.15) is 18.3 Å². The normalized spacial score (nSPS) is 16.1. The fourth-order valence-electron chi connectivity index (χ4n) is 2.91. The number of benzene rings is 1. The number of furan rings is 1. The highest BCUT2D eigenvalue weighted by atomic mass is 35.5. The molecular formula is C18H16Cl2N4O2S. The van der Waals surface area contributed by atoms with Gasteiger partial charge in [-0.05, 0) is 29.8 Å². The van der Waals surface area contributed by atoms with Crippen molar-refractivity contribution in [2.75, 3.05) is 0 Å². The van der Waals surface area contributed by atoms with Crippen LogP contribution in [0.3, 0.4) is 0 Å². The highest BCUT2D eigenvalue weighted by molar-refractivity contribution is 7.06. The van der Waals surface area contributed by atoms with Crippen molar-refractivity contribution in [2.24, 2.45) is 5.10 Å². The molecule has 4 rings (SSSR count). The molecule has 9 heteroatoms. The summed E-state index contributed by atoms with van der Waals surface area (Å²) in [6.07, 6.45) is 3.88. The van der Waals surface area contributed by atoms with Gasteiger partial charge in [-0.25, -0.2) is 5.01 Å². The maximum Gasteiger partial charge on any atom is 0.263 e. The Kier molecular flexibility index (Phi) is 5.84. The van der Waals surface area contributed by atoms with E-state index in [1.807, 2.05) is 18.2 Å². The lowest BCUT2D eigenvalue weighted by Gasteiger charge is -2.20. The van der Waals surface area contributed by atoms with Crippen LogP contribution in [0.2, 0.25) is 5.02 Å². The average molecular weight is 423 g/mol. The van der Waals surface area contributed by atoms with E-state index in [9.17, 15) is 4.79 Å². The maximum absolute atomic E-state index is 12.9. The van der Waals surface area contributed by atoms with Gasteiger partial charge in [0.05, 0.1) is 12.0 Å². The van der Waals surface area contributed by atoms with Gasteiger partial charge in [-0.3, -0.25) is 10.2 Å². The zero-order valence-corrected chi connectivity index (χ0v) is 16.4. The summed E-state index contributed by atoms with van der Waals surface area (Å²) in [5.74, 6) is 0.500. The van der Waals surface area contributed by atoms with Crippen LogP contribution >= 0.6 is 35.3 Å². The number of rotatable bonds is 4. The molecule has 1 atom stereocenters. The van der Waals surface area contributed by atoms with Crippen LogP contribution in [0.25, 0.3) is 0 Å². The number of hydrazone groups is 1. The molecule has 0 fully saturated rings. The Balaban J connectivity index is 0.00000210. The number of nitrogens with one attached hydrogen (secondary N) is 1. The van der Waals surface area contributed by atoms with Gasteiger partial charge in [-0.1, -0.05) is 23.7 Å². The number of hydrogen-bond donors (Lipinski definition) is 1. The minimum absolute atomic E-state index is 0. The number of carbonyl (C=O) groups is 1. The number of nitrogens with zero attached hydrogens (tertiary/aromatic N) is 3. The Morgan fingerprint density at radius 3 is 2.74 bits per heavy atom. The quantitative estimate of drug-likeness (QED) is 0.687. The van der Waals surface area contributed by atoms with Gasteiger partial charge in [0.15, 0.2) is 4.80 Å². The SMILES string of the molecule is Cl.N=c1sccn1CC(=O)N1N=C(c2ccc(Cl)cc2)CC1c1ccco1. The van der Waals surface area contributed by atoms with E-state index in [4.69, 9.17) is 21.4 Å². The van der Waals surface area contributed by atoms with Crippen LogP contribution in [0.15, 0.2) is 63.8 Å². The van der Waals surface area contributed by atoms with Crippen LogP contribution in [0.1, 0.15) is 23.8 Å². The van der Waals surface area contributed by atoms with Crippen molar-refractivity contribution in [1.82, 2.24) is 9.58 Å². The molecule has 0 saturated heterocycles. The van der Waals surface area contributed by atoms with Crippen LogP contribution in [0, 0.1) is 5.41 Å². The maximum atomic E-state index is 12.9. The Morgan fingerprint density at radius 2 is 2.11 bits per heavy atom. The molecule has 0 radical (unpaired) electrons. The van der Waals surface area contributed by atoms with E-state index in [0.29, 0.717) is 22.0 Å². The highest BCUT2D eigenvalue weighted by Crippen LogP contribution is 2.33. The second kappa shape index (κ2) is 8.12. The second-order valence-electron chi connectivity index (χ2n) is 5.86. The van der Waals surface area contributed by atoms with Crippen molar-refractivity contribution in [3.8, 4) is 0 Å². The molecular weight excluding hydrogens is 407 g/mol. The Hall–Kier alpha value is -2.35. The zero-order chi connectivity index (χ0) is 18.1. The number of amides is 1. The van der Waals surface area contributed by atoms with Gasteiger partial charge in [-0.2, -0.15) is 5.10 Å². The lowest BCUT2D eigenvalue weighted by Crippen LogP contribution is -2.32.